The van der Waals surface area contributed by atoms with Crippen LogP contribution in [0.3, 0.4) is 0 Å². The van der Waals surface area contributed by atoms with Crippen LogP contribution in [0, 0.1) is 5.82 Å². The van der Waals surface area contributed by atoms with Crippen LogP contribution in [-0.2, 0) is 11.3 Å². The van der Waals surface area contributed by atoms with Crippen molar-refractivity contribution in [3.63, 3.8) is 0 Å². The van der Waals surface area contributed by atoms with Crippen molar-refractivity contribution in [1.29, 1.82) is 0 Å². The Kier molecular flexibility index (Phi) is 6.03. The third kappa shape index (κ3) is 4.61. The third-order valence-electron chi connectivity index (χ3n) is 3.30. The molecule has 1 unspecified atom stereocenters. The highest BCUT2D eigenvalue weighted by molar-refractivity contribution is 7.09. The maximum Gasteiger partial charge on any atom is 0.234 e. The van der Waals surface area contributed by atoms with Crippen molar-refractivity contribution >= 4 is 17.2 Å². The molecule has 0 aliphatic rings. The van der Waals surface area contributed by atoms with Gasteiger partial charge in [0.05, 0.1) is 12.6 Å². The van der Waals surface area contributed by atoms with Crippen molar-refractivity contribution in [3.05, 3.63) is 52.2 Å². The van der Waals surface area contributed by atoms with E-state index in [1.165, 1.54) is 17.4 Å². The van der Waals surface area contributed by atoms with Gasteiger partial charge in [-0.15, -0.1) is 11.3 Å². The molecule has 1 heterocycles. The van der Waals surface area contributed by atoms with Crippen molar-refractivity contribution in [3.8, 4) is 0 Å². The Labute approximate surface area is 134 Å². The predicted molar refractivity (Wildman–Crippen MR) is 86.0 cm³/mol. The number of nitrogens with one attached hydrogen (secondary N) is 1. The molecule has 0 saturated heterocycles. The summed E-state index contributed by atoms with van der Waals surface area (Å²) < 4.78 is 13.6. The summed E-state index contributed by atoms with van der Waals surface area (Å²) in [6.45, 7) is 2.62. The molecule has 22 heavy (non-hydrogen) atoms. The van der Waals surface area contributed by atoms with Gasteiger partial charge in [-0.1, -0.05) is 25.1 Å². The van der Waals surface area contributed by atoms with Gasteiger partial charge in [0.25, 0.3) is 0 Å². The van der Waals surface area contributed by atoms with Crippen molar-refractivity contribution < 1.29 is 9.18 Å². The van der Waals surface area contributed by atoms with Gasteiger partial charge in [0.15, 0.2) is 0 Å². The summed E-state index contributed by atoms with van der Waals surface area (Å²) in [6.07, 6.45) is 2.52. The van der Waals surface area contributed by atoms with Crippen LogP contribution in [-0.4, -0.2) is 29.4 Å². The van der Waals surface area contributed by atoms with Gasteiger partial charge >= 0.3 is 0 Å². The molecule has 0 fully saturated rings. The second-order valence-electron chi connectivity index (χ2n) is 5.16. The average molecular weight is 321 g/mol. The minimum atomic E-state index is -0.246. The molecule has 0 spiro atoms. The first-order valence-electron chi connectivity index (χ1n) is 7.20. The molecule has 0 aliphatic carbocycles. The Morgan fingerprint density at radius 3 is 2.86 bits per heavy atom. The Balaban J connectivity index is 1.87. The van der Waals surface area contributed by atoms with Crippen LogP contribution in [0.25, 0.3) is 0 Å². The second-order valence-corrected chi connectivity index (χ2v) is 6.09. The number of halogens is 1. The number of amides is 1. The van der Waals surface area contributed by atoms with Gasteiger partial charge in [-0.2, -0.15) is 0 Å². The number of nitrogens with zero attached hydrogens (tertiary/aromatic N) is 2. The maximum absolute atomic E-state index is 13.6. The molecule has 4 nitrogen and oxygen atoms in total. The van der Waals surface area contributed by atoms with E-state index in [0.717, 1.165) is 11.4 Å². The summed E-state index contributed by atoms with van der Waals surface area (Å²) >= 11 is 1.53. The summed E-state index contributed by atoms with van der Waals surface area (Å²) in [5, 5.41) is 5.78. The van der Waals surface area contributed by atoms with E-state index in [1.807, 2.05) is 12.3 Å². The second kappa shape index (κ2) is 8.00. The number of rotatable bonds is 7. The van der Waals surface area contributed by atoms with Gasteiger partial charge in [-0.25, -0.2) is 9.37 Å². The lowest BCUT2D eigenvalue weighted by atomic mass is 10.2. The Morgan fingerprint density at radius 1 is 1.45 bits per heavy atom. The fourth-order valence-electron chi connectivity index (χ4n) is 2.20. The molecule has 2 aromatic rings. The summed E-state index contributed by atoms with van der Waals surface area (Å²) in [5.74, 6) is -0.329. The molecule has 0 aliphatic heterocycles. The molecular formula is C16H20FN3OS. The van der Waals surface area contributed by atoms with E-state index in [1.54, 1.807) is 36.3 Å². The zero-order chi connectivity index (χ0) is 15.9. The maximum atomic E-state index is 13.6. The van der Waals surface area contributed by atoms with E-state index in [-0.39, 0.29) is 24.3 Å². The molecule has 2 rings (SSSR count). The molecule has 0 radical (unpaired) electrons. The lowest BCUT2D eigenvalue weighted by Crippen LogP contribution is -2.37. The number of thiazole rings is 1. The number of hydrogen-bond donors (Lipinski definition) is 1. The number of aromatic nitrogens is 1. The average Bonchev–Trinajstić information content (AvgIpc) is 3.01. The smallest absolute Gasteiger partial charge is 0.234 e. The van der Waals surface area contributed by atoms with Crippen LogP contribution < -0.4 is 5.32 Å². The van der Waals surface area contributed by atoms with Crippen LogP contribution in [0.15, 0.2) is 35.8 Å². The van der Waals surface area contributed by atoms with Gasteiger partial charge in [0, 0.05) is 23.7 Å². The topological polar surface area (TPSA) is 45.2 Å². The van der Waals surface area contributed by atoms with Gasteiger partial charge in [0.2, 0.25) is 5.91 Å². The predicted octanol–water partition coefficient (Wildman–Crippen LogP) is 2.98. The summed E-state index contributed by atoms with van der Waals surface area (Å²) in [4.78, 5) is 18.2. The van der Waals surface area contributed by atoms with Gasteiger partial charge < -0.3 is 5.32 Å². The lowest BCUT2D eigenvalue weighted by molar-refractivity contribution is -0.122. The number of hydrogen-bond acceptors (Lipinski definition) is 4. The van der Waals surface area contributed by atoms with Crippen molar-refractivity contribution in [2.75, 3.05) is 13.6 Å². The van der Waals surface area contributed by atoms with Crippen LogP contribution in [0.2, 0.25) is 0 Å². The first-order valence-corrected chi connectivity index (χ1v) is 8.08. The van der Waals surface area contributed by atoms with Gasteiger partial charge in [-0.3, -0.25) is 9.69 Å². The van der Waals surface area contributed by atoms with Gasteiger partial charge in [0.1, 0.15) is 10.8 Å². The van der Waals surface area contributed by atoms with Crippen LogP contribution >= 0.6 is 11.3 Å². The molecule has 1 N–H and O–H groups in total. The Bertz CT molecular complexity index is 603. The minimum Gasteiger partial charge on any atom is -0.346 e. The monoisotopic (exact) mass is 321 g/mol. The molecular weight excluding hydrogens is 301 g/mol. The first-order chi connectivity index (χ1) is 10.6. The van der Waals surface area contributed by atoms with E-state index >= 15 is 0 Å². The van der Waals surface area contributed by atoms with Crippen LogP contribution in [0.1, 0.15) is 30.0 Å². The number of carbonyl (C=O) groups is 1. The van der Waals surface area contributed by atoms with Gasteiger partial charge in [-0.05, 0) is 19.5 Å². The highest BCUT2D eigenvalue weighted by Gasteiger charge is 2.16. The summed E-state index contributed by atoms with van der Waals surface area (Å²) in [5.41, 5.74) is 0.588. The van der Waals surface area contributed by atoms with Crippen molar-refractivity contribution in [2.24, 2.45) is 0 Å². The molecule has 1 amide bonds. The molecule has 1 aromatic carbocycles. The van der Waals surface area contributed by atoms with Crippen molar-refractivity contribution in [2.45, 2.75) is 25.9 Å². The molecule has 6 heteroatoms. The molecule has 1 aromatic heterocycles. The lowest BCUT2D eigenvalue weighted by Gasteiger charge is -2.19. The van der Waals surface area contributed by atoms with E-state index in [2.05, 4.69) is 10.3 Å². The van der Waals surface area contributed by atoms with Crippen LogP contribution in [0.5, 0.6) is 0 Å². The number of carbonyl (C=O) groups excluding carboxylic acids is 1. The largest absolute Gasteiger partial charge is 0.346 e. The standard InChI is InChI=1S/C16H20FN3OS/c1-3-14(16-18-8-9-22-16)19-15(21)11-20(2)10-12-6-4-5-7-13(12)17/h4-9,14H,3,10-11H2,1-2H3,(H,19,21). The fraction of sp³-hybridized carbons (Fsp3) is 0.375. The zero-order valence-electron chi connectivity index (χ0n) is 12.8. The zero-order valence-corrected chi connectivity index (χ0v) is 13.6. The third-order valence-corrected chi connectivity index (χ3v) is 4.19. The highest BCUT2D eigenvalue weighted by atomic mass is 32.1. The summed E-state index contributed by atoms with van der Waals surface area (Å²) in [7, 11) is 1.80. The Morgan fingerprint density at radius 2 is 2.23 bits per heavy atom. The normalized spacial score (nSPS) is 12.4. The van der Waals surface area contributed by atoms with E-state index in [9.17, 15) is 9.18 Å². The van der Waals surface area contributed by atoms with E-state index in [4.69, 9.17) is 0 Å². The quantitative estimate of drug-likeness (QED) is 0.853. The fourth-order valence-corrected chi connectivity index (χ4v) is 2.98. The molecule has 0 saturated carbocycles. The van der Waals surface area contributed by atoms with E-state index < -0.39 is 0 Å². The number of benzene rings is 1. The first kappa shape index (κ1) is 16.6. The molecule has 0 bridgehead atoms. The summed E-state index contributed by atoms with van der Waals surface area (Å²) in [6, 6.07) is 6.55. The molecule has 118 valence electrons. The SMILES string of the molecule is CCC(NC(=O)CN(C)Cc1ccccc1F)c1nccs1. The Hall–Kier alpha value is -1.79. The highest BCUT2D eigenvalue weighted by Crippen LogP contribution is 2.18. The number of likely N-dealkylation sites (N-methyl/N-ethyl adjacent to an activating group) is 1. The minimum absolute atomic E-state index is 0.0608. The molecule has 1 atom stereocenters. The van der Waals surface area contributed by atoms with E-state index in [0.29, 0.717) is 12.1 Å². The van der Waals surface area contributed by atoms with Crippen LogP contribution in [0.4, 0.5) is 4.39 Å². The van der Waals surface area contributed by atoms with Crippen molar-refractivity contribution in [1.82, 2.24) is 15.2 Å².